The molecular formula is C14H19N3O3S. The van der Waals surface area contributed by atoms with Gasteiger partial charge in [-0.25, -0.2) is 13.1 Å². The van der Waals surface area contributed by atoms with Crippen LogP contribution in [0.3, 0.4) is 0 Å². The quantitative estimate of drug-likeness (QED) is 0.806. The Labute approximate surface area is 124 Å². The van der Waals surface area contributed by atoms with Gasteiger partial charge in [0.15, 0.2) is 0 Å². The van der Waals surface area contributed by atoms with Crippen LogP contribution in [0.5, 0.6) is 0 Å². The van der Waals surface area contributed by atoms with Crippen LogP contribution in [0.2, 0.25) is 0 Å². The number of aliphatic hydroxyl groups is 1. The molecule has 0 saturated heterocycles. The molecule has 0 aliphatic carbocycles. The summed E-state index contributed by atoms with van der Waals surface area (Å²) in [6, 6.07) is 6.83. The van der Waals surface area contributed by atoms with Gasteiger partial charge in [0.25, 0.3) is 0 Å². The number of rotatable bonds is 7. The summed E-state index contributed by atoms with van der Waals surface area (Å²) < 4.78 is 28.8. The van der Waals surface area contributed by atoms with Gasteiger partial charge in [0.1, 0.15) is 0 Å². The lowest BCUT2D eigenvalue weighted by Gasteiger charge is -2.05. The number of aryl methyl sites for hydroxylation is 1. The molecule has 2 aromatic rings. The fraction of sp³-hybridized carbons (Fsp3) is 0.357. The van der Waals surface area contributed by atoms with Crippen molar-refractivity contribution in [3.63, 3.8) is 0 Å². The molecule has 0 aliphatic rings. The molecule has 2 rings (SSSR count). The van der Waals surface area contributed by atoms with E-state index in [0.29, 0.717) is 17.9 Å². The van der Waals surface area contributed by atoms with E-state index < -0.39 is 10.0 Å². The van der Waals surface area contributed by atoms with E-state index in [9.17, 15) is 13.5 Å². The average Bonchev–Trinajstić information content (AvgIpc) is 2.91. The molecule has 6 nitrogen and oxygen atoms in total. The summed E-state index contributed by atoms with van der Waals surface area (Å²) in [4.78, 5) is 4.23. The fourth-order valence-corrected chi connectivity index (χ4v) is 3.07. The summed E-state index contributed by atoms with van der Waals surface area (Å²) in [5.74, 6) is 0. The number of hydrogen-bond donors (Lipinski definition) is 2. The SMILES string of the molecule is CCCn1cc(S(=O)(=O)NCc2ccccn2)cc1CO. The number of nitrogens with one attached hydrogen (secondary N) is 1. The Morgan fingerprint density at radius 3 is 2.81 bits per heavy atom. The molecule has 0 radical (unpaired) electrons. The number of sulfonamides is 1. The van der Waals surface area contributed by atoms with Crippen LogP contribution < -0.4 is 4.72 Å². The Bertz CT molecular complexity index is 681. The fourth-order valence-electron chi connectivity index (χ4n) is 2.01. The van der Waals surface area contributed by atoms with Crippen molar-refractivity contribution < 1.29 is 13.5 Å². The van der Waals surface area contributed by atoms with Gasteiger partial charge < -0.3 is 9.67 Å². The molecule has 114 valence electrons. The number of aliphatic hydroxyl groups excluding tert-OH is 1. The molecule has 7 heteroatoms. The molecule has 0 fully saturated rings. The predicted molar refractivity (Wildman–Crippen MR) is 78.9 cm³/mol. The summed E-state index contributed by atoms with van der Waals surface area (Å²) in [6.07, 6.45) is 4.03. The second kappa shape index (κ2) is 6.84. The molecule has 2 heterocycles. The summed E-state index contributed by atoms with van der Waals surface area (Å²) in [6.45, 7) is 2.62. The van der Waals surface area contributed by atoms with Crippen molar-refractivity contribution in [1.29, 1.82) is 0 Å². The Balaban J connectivity index is 2.15. The highest BCUT2D eigenvalue weighted by atomic mass is 32.2. The van der Waals surface area contributed by atoms with Crippen LogP contribution in [0.25, 0.3) is 0 Å². The maximum Gasteiger partial charge on any atom is 0.242 e. The molecule has 0 spiro atoms. The average molecular weight is 309 g/mol. The first-order valence-corrected chi connectivity index (χ1v) is 8.24. The first kappa shape index (κ1) is 15.7. The van der Waals surface area contributed by atoms with Crippen molar-refractivity contribution >= 4 is 10.0 Å². The van der Waals surface area contributed by atoms with E-state index >= 15 is 0 Å². The lowest BCUT2D eigenvalue weighted by atomic mass is 10.4. The van der Waals surface area contributed by atoms with Crippen LogP contribution in [-0.2, 0) is 29.7 Å². The third-order valence-electron chi connectivity index (χ3n) is 3.07. The zero-order chi connectivity index (χ0) is 15.3. The van der Waals surface area contributed by atoms with Crippen LogP contribution in [0, 0.1) is 0 Å². The van der Waals surface area contributed by atoms with E-state index in [4.69, 9.17) is 0 Å². The van der Waals surface area contributed by atoms with Gasteiger partial charge in [-0.05, 0) is 24.6 Å². The highest BCUT2D eigenvalue weighted by molar-refractivity contribution is 7.89. The number of aromatic nitrogens is 2. The van der Waals surface area contributed by atoms with Gasteiger partial charge in [0.2, 0.25) is 10.0 Å². The third kappa shape index (κ3) is 3.90. The van der Waals surface area contributed by atoms with Crippen LogP contribution in [-0.4, -0.2) is 23.1 Å². The highest BCUT2D eigenvalue weighted by Crippen LogP contribution is 2.15. The van der Waals surface area contributed by atoms with E-state index in [2.05, 4.69) is 9.71 Å². The molecule has 0 amide bonds. The standard InChI is InChI=1S/C14H19N3O3S/c1-2-7-17-10-14(8-13(17)11-18)21(19,20)16-9-12-5-3-4-6-15-12/h3-6,8,10,16,18H,2,7,9,11H2,1H3. The van der Waals surface area contributed by atoms with Crippen LogP contribution in [0.15, 0.2) is 41.6 Å². The number of nitrogens with zero attached hydrogens (tertiary/aromatic N) is 2. The van der Waals surface area contributed by atoms with Gasteiger partial charge >= 0.3 is 0 Å². The van der Waals surface area contributed by atoms with Crippen molar-refractivity contribution in [3.05, 3.63) is 48.0 Å². The van der Waals surface area contributed by atoms with Gasteiger partial charge in [-0.3, -0.25) is 4.98 Å². The Hall–Kier alpha value is -1.70. The van der Waals surface area contributed by atoms with Gasteiger partial charge in [0, 0.05) is 24.6 Å². The predicted octanol–water partition coefficient (Wildman–Crippen LogP) is 1.26. The van der Waals surface area contributed by atoms with Crippen LogP contribution in [0.4, 0.5) is 0 Å². The first-order chi connectivity index (χ1) is 10.1. The lowest BCUT2D eigenvalue weighted by Crippen LogP contribution is -2.23. The second-order valence-electron chi connectivity index (χ2n) is 4.66. The van der Waals surface area contributed by atoms with Crippen molar-refractivity contribution in [2.45, 2.75) is 37.9 Å². The molecule has 2 aromatic heterocycles. The van der Waals surface area contributed by atoms with Crippen molar-refractivity contribution in [3.8, 4) is 0 Å². The largest absolute Gasteiger partial charge is 0.390 e. The second-order valence-corrected chi connectivity index (χ2v) is 6.43. The van der Waals surface area contributed by atoms with Crippen LogP contribution >= 0.6 is 0 Å². The normalized spacial score (nSPS) is 11.7. The molecule has 0 aliphatic heterocycles. The third-order valence-corrected chi connectivity index (χ3v) is 4.44. The zero-order valence-corrected chi connectivity index (χ0v) is 12.7. The summed E-state index contributed by atoms with van der Waals surface area (Å²) >= 11 is 0. The Kier molecular flexibility index (Phi) is 5.11. The maximum absolute atomic E-state index is 12.3. The summed E-state index contributed by atoms with van der Waals surface area (Å²) in [5, 5.41) is 9.29. The highest BCUT2D eigenvalue weighted by Gasteiger charge is 2.18. The van der Waals surface area contributed by atoms with Gasteiger partial charge in [-0.15, -0.1) is 0 Å². The zero-order valence-electron chi connectivity index (χ0n) is 11.9. The molecule has 0 atom stereocenters. The molecule has 2 N–H and O–H groups in total. The Morgan fingerprint density at radius 1 is 1.38 bits per heavy atom. The topological polar surface area (TPSA) is 84.2 Å². The van der Waals surface area contributed by atoms with Gasteiger partial charge in [0.05, 0.1) is 23.7 Å². The van der Waals surface area contributed by atoms with Gasteiger partial charge in [-0.1, -0.05) is 13.0 Å². The number of hydrogen-bond acceptors (Lipinski definition) is 4. The molecule has 0 bridgehead atoms. The van der Waals surface area contributed by atoms with E-state index in [1.54, 1.807) is 35.2 Å². The maximum atomic E-state index is 12.3. The van der Waals surface area contributed by atoms with E-state index in [0.717, 1.165) is 6.42 Å². The van der Waals surface area contributed by atoms with Crippen molar-refractivity contribution in [2.75, 3.05) is 0 Å². The monoisotopic (exact) mass is 309 g/mol. The lowest BCUT2D eigenvalue weighted by molar-refractivity contribution is 0.270. The van der Waals surface area contributed by atoms with Crippen LogP contribution in [0.1, 0.15) is 24.7 Å². The van der Waals surface area contributed by atoms with Crippen molar-refractivity contribution in [2.24, 2.45) is 0 Å². The smallest absolute Gasteiger partial charge is 0.242 e. The molecule has 0 saturated carbocycles. The summed E-state index contributed by atoms with van der Waals surface area (Å²) in [7, 11) is -3.61. The minimum absolute atomic E-state index is 0.136. The van der Waals surface area contributed by atoms with E-state index in [1.165, 1.54) is 6.07 Å². The minimum Gasteiger partial charge on any atom is -0.390 e. The number of pyridine rings is 1. The van der Waals surface area contributed by atoms with Crippen molar-refractivity contribution in [1.82, 2.24) is 14.3 Å². The summed E-state index contributed by atoms with van der Waals surface area (Å²) in [5.41, 5.74) is 1.24. The minimum atomic E-state index is -3.61. The molecule has 0 unspecified atom stereocenters. The Morgan fingerprint density at radius 2 is 2.19 bits per heavy atom. The van der Waals surface area contributed by atoms with Gasteiger partial charge in [-0.2, -0.15) is 0 Å². The van der Waals surface area contributed by atoms with E-state index in [-0.39, 0.29) is 18.0 Å². The molecule has 0 aromatic carbocycles. The molecule has 21 heavy (non-hydrogen) atoms. The first-order valence-electron chi connectivity index (χ1n) is 6.76. The van der Waals surface area contributed by atoms with E-state index in [1.807, 2.05) is 6.92 Å². The molecular weight excluding hydrogens is 290 g/mol.